The van der Waals surface area contributed by atoms with Crippen molar-refractivity contribution >= 4 is 28.1 Å². The van der Waals surface area contributed by atoms with Gasteiger partial charge in [-0.1, -0.05) is 32.0 Å². The maximum atomic E-state index is 12.7. The Hall–Kier alpha value is -1.63. The van der Waals surface area contributed by atoms with E-state index in [1.54, 1.807) is 12.1 Å². The van der Waals surface area contributed by atoms with Crippen molar-refractivity contribution < 1.29 is 12.8 Å². The average molecular weight is 441 g/mol. The number of hydrogen-bond donors (Lipinski definition) is 2. The van der Waals surface area contributed by atoms with Gasteiger partial charge in [0.25, 0.3) is 10.0 Å². The van der Waals surface area contributed by atoms with Crippen LogP contribution in [0.25, 0.3) is 0 Å². The number of benzene rings is 2. The molecule has 7 heteroatoms. The van der Waals surface area contributed by atoms with Crippen LogP contribution in [0, 0.1) is 0 Å². The van der Waals surface area contributed by atoms with Gasteiger partial charge in [-0.05, 0) is 79.1 Å². The Balaban J connectivity index is 0.00000300. The van der Waals surface area contributed by atoms with Crippen molar-refractivity contribution in [2.24, 2.45) is 0 Å². The lowest BCUT2D eigenvalue weighted by Crippen LogP contribution is -2.35. The van der Waals surface area contributed by atoms with E-state index in [-0.39, 0.29) is 24.0 Å². The number of nitrogens with one attached hydrogen (secondary N) is 2. The first-order valence-corrected chi connectivity index (χ1v) is 11.4. The summed E-state index contributed by atoms with van der Waals surface area (Å²) in [6.45, 7) is 4.57. The Morgan fingerprint density at radius 1 is 1.10 bits per heavy atom. The molecule has 0 aliphatic heterocycles. The van der Waals surface area contributed by atoms with Crippen molar-refractivity contribution in [2.45, 2.75) is 56.4 Å². The maximum absolute atomic E-state index is 12.7. The normalized spacial score (nSPS) is 16.2. The second kappa shape index (κ2) is 10.4. The number of sulfonamides is 1. The molecule has 2 aromatic carbocycles. The maximum Gasteiger partial charge on any atom is 0.261 e. The highest BCUT2D eigenvalue weighted by molar-refractivity contribution is 7.92. The molecule has 0 saturated carbocycles. The molecule has 1 aliphatic rings. The van der Waals surface area contributed by atoms with E-state index >= 15 is 0 Å². The first-order chi connectivity index (χ1) is 13.4. The van der Waals surface area contributed by atoms with Gasteiger partial charge in [-0.2, -0.15) is 0 Å². The van der Waals surface area contributed by atoms with Gasteiger partial charge in [-0.3, -0.25) is 9.11 Å². The molecule has 2 N–H and O–H groups in total. The molecule has 0 heterocycles. The number of anilines is 1. The van der Waals surface area contributed by atoms with Crippen LogP contribution in [-0.2, 0) is 22.9 Å². The van der Waals surface area contributed by atoms with E-state index in [0.29, 0.717) is 30.6 Å². The molecule has 2 aromatic rings. The molecule has 3 rings (SSSR count). The lowest BCUT2D eigenvalue weighted by molar-refractivity contribution is 0.415. The lowest BCUT2D eigenvalue weighted by atomic mass is 9.88. The van der Waals surface area contributed by atoms with Gasteiger partial charge in [0.15, 0.2) is 0 Å². The molecule has 4 nitrogen and oxygen atoms in total. The van der Waals surface area contributed by atoms with Crippen LogP contribution in [0.2, 0.25) is 0 Å². The predicted octanol–water partition coefficient (Wildman–Crippen LogP) is 4.84. The number of aryl methyl sites for hydroxylation is 1. The predicted molar refractivity (Wildman–Crippen MR) is 119 cm³/mol. The van der Waals surface area contributed by atoms with E-state index in [2.05, 4.69) is 23.9 Å². The van der Waals surface area contributed by atoms with Crippen LogP contribution in [0.4, 0.5) is 10.1 Å². The van der Waals surface area contributed by atoms with E-state index in [1.165, 1.54) is 11.1 Å². The Morgan fingerprint density at radius 3 is 2.48 bits per heavy atom. The fourth-order valence-electron chi connectivity index (χ4n) is 3.61. The van der Waals surface area contributed by atoms with E-state index in [4.69, 9.17) is 0 Å². The Morgan fingerprint density at radius 2 is 1.83 bits per heavy atom. The zero-order valence-corrected chi connectivity index (χ0v) is 18.6. The number of hydrogen-bond acceptors (Lipinski definition) is 3. The summed E-state index contributed by atoms with van der Waals surface area (Å²) in [5.41, 5.74) is 4.12. The molecule has 0 fully saturated rings. The average Bonchev–Trinajstić information content (AvgIpc) is 2.68. The van der Waals surface area contributed by atoms with Gasteiger partial charge < -0.3 is 5.32 Å². The van der Waals surface area contributed by atoms with Crippen molar-refractivity contribution in [3.63, 3.8) is 0 Å². The van der Waals surface area contributed by atoms with E-state index in [9.17, 15) is 12.8 Å². The van der Waals surface area contributed by atoms with Crippen molar-refractivity contribution in [1.29, 1.82) is 0 Å². The third-order valence-electron chi connectivity index (χ3n) is 5.29. The van der Waals surface area contributed by atoms with Gasteiger partial charge >= 0.3 is 0 Å². The molecule has 0 unspecified atom stereocenters. The minimum atomic E-state index is -3.61. The number of halogens is 2. The summed E-state index contributed by atoms with van der Waals surface area (Å²) in [6.07, 6.45) is 3.31. The monoisotopic (exact) mass is 440 g/mol. The molecule has 0 aromatic heterocycles. The van der Waals surface area contributed by atoms with Crippen molar-refractivity contribution in [1.82, 2.24) is 5.32 Å². The van der Waals surface area contributed by atoms with E-state index in [0.717, 1.165) is 24.8 Å². The summed E-state index contributed by atoms with van der Waals surface area (Å²) in [5.74, 6) is 0.362. The third kappa shape index (κ3) is 6.17. The second-order valence-electron chi connectivity index (χ2n) is 7.75. The number of fused-ring (bicyclic) bond motifs is 1. The van der Waals surface area contributed by atoms with Crippen LogP contribution < -0.4 is 10.0 Å². The summed E-state index contributed by atoms with van der Waals surface area (Å²) in [7, 11) is -3.61. The van der Waals surface area contributed by atoms with Gasteiger partial charge in [0.05, 0.1) is 11.6 Å². The summed E-state index contributed by atoms with van der Waals surface area (Å²) in [5, 5.41) is 3.40. The van der Waals surface area contributed by atoms with Crippen LogP contribution in [0.15, 0.2) is 47.4 Å². The molecule has 0 bridgehead atoms. The number of rotatable bonds is 8. The molecular formula is C22H30ClFN2O2S. The van der Waals surface area contributed by atoms with Crippen LogP contribution in [0.3, 0.4) is 0 Å². The second-order valence-corrected chi connectivity index (χ2v) is 9.43. The van der Waals surface area contributed by atoms with Crippen molar-refractivity contribution in [2.75, 3.05) is 17.9 Å². The Kier molecular flexibility index (Phi) is 8.49. The minimum Gasteiger partial charge on any atom is -0.314 e. The van der Waals surface area contributed by atoms with Crippen molar-refractivity contribution in [3.8, 4) is 0 Å². The van der Waals surface area contributed by atoms with Crippen LogP contribution in [0.5, 0.6) is 0 Å². The third-order valence-corrected chi connectivity index (χ3v) is 6.68. The largest absolute Gasteiger partial charge is 0.314 e. The number of alkyl halides is 1. The van der Waals surface area contributed by atoms with Gasteiger partial charge in [-0.15, -0.1) is 12.4 Å². The zero-order valence-electron chi connectivity index (χ0n) is 16.9. The topological polar surface area (TPSA) is 58.2 Å². The minimum absolute atomic E-state index is 0. The molecule has 0 spiro atoms. The fourth-order valence-corrected chi connectivity index (χ4v) is 4.66. The first kappa shape index (κ1) is 23.6. The molecule has 29 heavy (non-hydrogen) atoms. The van der Waals surface area contributed by atoms with Crippen molar-refractivity contribution in [3.05, 3.63) is 59.2 Å². The molecule has 0 saturated heterocycles. The van der Waals surface area contributed by atoms with Gasteiger partial charge in [-0.25, -0.2) is 8.42 Å². The quantitative estimate of drug-likeness (QED) is 0.577. The van der Waals surface area contributed by atoms with Gasteiger partial charge in [0, 0.05) is 11.7 Å². The van der Waals surface area contributed by atoms with E-state index in [1.807, 2.05) is 30.3 Å². The summed E-state index contributed by atoms with van der Waals surface area (Å²) in [4.78, 5) is 0.270. The Labute approximate surface area is 179 Å². The zero-order chi connectivity index (χ0) is 20.1. The Bertz CT molecular complexity index is 902. The summed E-state index contributed by atoms with van der Waals surface area (Å²) < 4.78 is 40.3. The van der Waals surface area contributed by atoms with Gasteiger partial charge in [0.2, 0.25) is 0 Å². The smallest absolute Gasteiger partial charge is 0.261 e. The highest BCUT2D eigenvalue weighted by atomic mass is 35.5. The molecule has 0 amide bonds. The summed E-state index contributed by atoms with van der Waals surface area (Å²) in [6, 6.07) is 13.2. The SMILES string of the molecule is CC(C)c1ccc(S(=O)(=O)Nc2ccc3c(c2)CC[C@H](NCCCF)C3)cc1.Cl. The highest BCUT2D eigenvalue weighted by Crippen LogP contribution is 2.26. The van der Waals surface area contributed by atoms with Crippen LogP contribution in [0.1, 0.15) is 49.3 Å². The van der Waals surface area contributed by atoms with E-state index < -0.39 is 10.0 Å². The molecule has 1 aliphatic carbocycles. The molecule has 1 atom stereocenters. The standard InChI is InChI=1S/C22H29FN2O2S.ClH/c1-16(2)17-6-10-22(11-7-17)28(26,27)25-21-9-5-18-14-20(24-13-3-12-23)8-4-19(18)15-21;/h5-7,9-11,15-16,20,24-25H,3-4,8,12-14H2,1-2H3;1H/t20-;/m0./s1. The highest BCUT2D eigenvalue weighted by Gasteiger charge is 2.20. The van der Waals surface area contributed by atoms with Crippen LogP contribution in [-0.4, -0.2) is 27.7 Å². The molecule has 160 valence electrons. The first-order valence-electron chi connectivity index (χ1n) is 9.93. The van der Waals surface area contributed by atoms with Gasteiger partial charge in [0.1, 0.15) is 0 Å². The lowest BCUT2D eigenvalue weighted by Gasteiger charge is -2.26. The summed E-state index contributed by atoms with van der Waals surface area (Å²) >= 11 is 0. The molecule has 0 radical (unpaired) electrons. The van der Waals surface area contributed by atoms with Crippen LogP contribution >= 0.6 is 12.4 Å². The molecular weight excluding hydrogens is 411 g/mol. The fraction of sp³-hybridized carbons (Fsp3) is 0.455.